The minimum absolute atomic E-state index is 0.109. The van der Waals surface area contributed by atoms with E-state index in [2.05, 4.69) is 16.4 Å². The average molecular weight is 343 g/mol. The Balaban J connectivity index is 1.56. The van der Waals surface area contributed by atoms with Gasteiger partial charge in [-0.25, -0.2) is 4.98 Å². The third kappa shape index (κ3) is 3.92. The molecule has 0 spiro atoms. The number of hydrogen-bond acceptors (Lipinski definition) is 5. The Bertz CT molecular complexity index is 734. The Labute approximate surface area is 143 Å². The van der Waals surface area contributed by atoms with Gasteiger partial charge in [0.05, 0.1) is 17.5 Å². The van der Waals surface area contributed by atoms with E-state index in [4.69, 9.17) is 0 Å². The van der Waals surface area contributed by atoms with Crippen molar-refractivity contribution < 1.29 is 4.79 Å². The van der Waals surface area contributed by atoms with E-state index >= 15 is 0 Å². The van der Waals surface area contributed by atoms with Crippen molar-refractivity contribution in [3.63, 3.8) is 0 Å². The van der Waals surface area contributed by atoms with Gasteiger partial charge in [0, 0.05) is 10.9 Å². The summed E-state index contributed by atoms with van der Waals surface area (Å²) in [5.74, 6) is 0.472. The molecule has 0 aliphatic heterocycles. The van der Waals surface area contributed by atoms with Crippen molar-refractivity contribution >= 4 is 29.0 Å². The van der Waals surface area contributed by atoms with E-state index in [1.807, 2.05) is 42.6 Å². The number of nitrogens with one attached hydrogen (secondary N) is 1. The molecule has 4 nitrogen and oxygen atoms in total. The molecule has 1 heterocycles. The number of nitriles is 1. The number of thiazole rings is 1. The Kier molecular flexibility index (Phi) is 4.69. The molecule has 6 heteroatoms. The van der Waals surface area contributed by atoms with E-state index in [1.54, 1.807) is 0 Å². The van der Waals surface area contributed by atoms with Crippen molar-refractivity contribution in [2.75, 3.05) is 5.75 Å². The molecule has 0 unspecified atom stereocenters. The first kappa shape index (κ1) is 16.0. The van der Waals surface area contributed by atoms with Crippen LogP contribution in [0.4, 0.5) is 0 Å². The maximum absolute atomic E-state index is 12.1. The largest absolute Gasteiger partial charge is 0.337 e. The van der Waals surface area contributed by atoms with E-state index in [9.17, 15) is 10.1 Å². The van der Waals surface area contributed by atoms with E-state index in [-0.39, 0.29) is 11.7 Å². The molecule has 1 aromatic carbocycles. The van der Waals surface area contributed by atoms with Gasteiger partial charge in [0.2, 0.25) is 5.91 Å². The van der Waals surface area contributed by atoms with Crippen molar-refractivity contribution in [1.29, 1.82) is 5.26 Å². The maximum Gasteiger partial charge on any atom is 0.231 e. The molecule has 1 N–H and O–H groups in total. The molecule has 0 radical (unpaired) electrons. The van der Waals surface area contributed by atoms with Gasteiger partial charge in [-0.3, -0.25) is 4.79 Å². The molecule has 1 amide bonds. The summed E-state index contributed by atoms with van der Waals surface area (Å²) in [5, 5.41) is 14.1. The first-order chi connectivity index (χ1) is 11.1. The zero-order valence-electron chi connectivity index (χ0n) is 12.8. The molecule has 1 aliphatic carbocycles. The minimum atomic E-state index is -0.726. The second-order valence-electron chi connectivity index (χ2n) is 5.79. The van der Waals surface area contributed by atoms with E-state index in [1.165, 1.54) is 23.1 Å². The normalized spacial score (nSPS) is 16.3. The van der Waals surface area contributed by atoms with Gasteiger partial charge in [-0.05, 0) is 25.7 Å². The van der Waals surface area contributed by atoms with E-state index < -0.39 is 5.54 Å². The molecule has 1 saturated carbocycles. The second-order valence-corrected chi connectivity index (χ2v) is 7.87. The number of nitrogens with zero attached hydrogens (tertiary/aromatic N) is 2. The van der Waals surface area contributed by atoms with Crippen LogP contribution in [0, 0.1) is 17.2 Å². The lowest BCUT2D eigenvalue weighted by Crippen LogP contribution is -2.47. The number of thioether (sulfide) groups is 1. The highest BCUT2D eigenvalue weighted by Gasteiger charge is 2.42. The van der Waals surface area contributed by atoms with Crippen LogP contribution < -0.4 is 5.32 Å². The first-order valence-corrected chi connectivity index (χ1v) is 9.33. The second kappa shape index (κ2) is 6.73. The molecule has 1 aliphatic rings. The molecular formula is C17H17N3OS2. The predicted molar refractivity (Wildman–Crippen MR) is 93.2 cm³/mol. The Morgan fingerprint density at radius 3 is 2.87 bits per heavy atom. The molecule has 1 atom stereocenters. The lowest BCUT2D eigenvalue weighted by atomic mass is 9.98. The van der Waals surface area contributed by atoms with Crippen LogP contribution in [-0.2, 0) is 4.79 Å². The molecular weight excluding hydrogens is 326 g/mol. The van der Waals surface area contributed by atoms with Gasteiger partial charge in [-0.2, -0.15) is 5.26 Å². The molecule has 0 saturated heterocycles. The van der Waals surface area contributed by atoms with Crippen LogP contribution in [0.5, 0.6) is 0 Å². The summed E-state index contributed by atoms with van der Waals surface area (Å²) in [5.41, 5.74) is 1.28. The highest BCUT2D eigenvalue weighted by molar-refractivity contribution is 8.01. The summed E-state index contributed by atoms with van der Waals surface area (Å²) in [6.45, 7) is 1.81. The average Bonchev–Trinajstić information content (AvgIpc) is 3.33. The number of carbonyl (C=O) groups is 1. The highest BCUT2D eigenvalue weighted by Crippen LogP contribution is 2.39. The third-order valence-electron chi connectivity index (χ3n) is 3.90. The van der Waals surface area contributed by atoms with Gasteiger partial charge in [0.15, 0.2) is 4.34 Å². The Hall–Kier alpha value is -1.84. The third-order valence-corrected chi connectivity index (χ3v) is 5.93. The zero-order chi connectivity index (χ0) is 16.3. The van der Waals surface area contributed by atoms with Gasteiger partial charge >= 0.3 is 0 Å². The lowest BCUT2D eigenvalue weighted by Gasteiger charge is -2.22. The molecule has 118 valence electrons. The number of rotatable bonds is 6. The fourth-order valence-electron chi connectivity index (χ4n) is 2.40. The predicted octanol–water partition coefficient (Wildman–Crippen LogP) is 3.71. The van der Waals surface area contributed by atoms with Gasteiger partial charge in [-0.1, -0.05) is 42.1 Å². The van der Waals surface area contributed by atoms with Gasteiger partial charge in [0.1, 0.15) is 5.54 Å². The Morgan fingerprint density at radius 1 is 1.48 bits per heavy atom. The quantitative estimate of drug-likeness (QED) is 0.812. The molecule has 1 fully saturated rings. The Morgan fingerprint density at radius 2 is 2.22 bits per heavy atom. The highest BCUT2D eigenvalue weighted by atomic mass is 32.2. The number of benzene rings is 1. The van der Waals surface area contributed by atoms with Crippen LogP contribution >= 0.6 is 23.1 Å². The van der Waals surface area contributed by atoms with Crippen molar-refractivity contribution in [2.45, 2.75) is 29.6 Å². The van der Waals surface area contributed by atoms with Crippen molar-refractivity contribution in [3.05, 3.63) is 35.7 Å². The number of hydrogen-bond donors (Lipinski definition) is 1. The molecule has 3 rings (SSSR count). The van der Waals surface area contributed by atoms with Gasteiger partial charge < -0.3 is 5.32 Å². The molecule has 1 aromatic heterocycles. The monoisotopic (exact) mass is 343 g/mol. The van der Waals surface area contributed by atoms with Crippen LogP contribution in [0.2, 0.25) is 0 Å². The first-order valence-electron chi connectivity index (χ1n) is 7.47. The van der Waals surface area contributed by atoms with Gasteiger partial charge in [0.25, 0.3) is 0 Å². The van der Waals surface area contributed by atoms with Crippen LogP contribution in [0.25, 0.3) is 11.3 Å². The van der Waals surface area contributed by atoms with Crippen LogP contribution in [0.15, 0.2) is 40.1 Å². The fraction of sp³-hybridized carbons (Fsp3) is 0.353. The number of amides is 1. The summed E-state index contributed by atoms with van der Waals surface area (Å²) in [4.78, 5) is 16.6. The van der Waals surface area contributed by atoms with Crippen LogP contribution in [0.3, 0.4) is 0 Å². The topological polar surface area (TPSA) is 65.8 Å². The standard InChI is InChI=1S/C17H17N3OS2/c1-17(11-18,13-7-8-13)20-15(21)10-23-16-19-14(9-22-16)12-5-3-2-4-6-12/h2-6,9,13H,7-8,10H2,1H3,(H,20,21)/t17-/m0/s1. The summed E-state index contributed by atoms with van der Waals surface area (Å²) in [7, 11) is 0. The van der Waals surface area contributed by atoms with Crippen molar-refractivity contribution in [3.8, 4) is 17.3 Å². The summed E-state index contributed by atoms with van der Waals surface area (Å²) in [6.07, 6.45) is 2.04. The molecule has 0 bridgehead atoms. The van der Waals surface area contributed by atoms with Crippen molar-refractivity contribution in [1.82, 2.24) is 10.3 Å². The van der Waals surface area contributed by atoms with Gasteiger partial charge in [-0.15, -0.1) is 11.3 Å². The summed E-state index contributed by atoms with van der Waals surface area (Å²) < 4.78 is 0.865. The number of aromatic nitrogens is 1. The number of carbonyl (C=O) groups excluding carboxylic acids is 1. The maximum atomic E-state index is 12.1. The fourth-order valence-corrected chi connectivity index (χ4v) is 4.04. The molecule has 2 aromatic rings. The van der Waals surface area contributed by atoms with E-state index in [0.717, 1.165) is 28.4 Å². The molecule has 23 heavy (non-hydrogen) atoms. The SMILES string of the molecule is C[C@@](C#N)(NC(=O)CSc1nc(-c2ccccc2)cs1)C1CC1. The van der Waals surface area contributed by atoms with E-state index in [0.29, 0.717) is 5.92 Å². The minimum Gasteiger partial charge on any atom is -0.337 e. The van der Waals surface area contributed by atoms with Crippen LogP contribution in [0.1, 0.15) is 19.8 Å². The lowest BCUT2D eigenvalue weighted by molar-refractivity contribution is -0.119. The summed E-state index contributed by atoms with van der Waals surface area (Å²) >= 11 is 2.95. The summed E-state index contributed by atoms with van der Waals surface area (Å²) in [6, 6.07) is 12.2. The van der Waals surface area contributed by atoms with Crippen molar-refractivity contribution in [2.24, 2.45) is 5.92 Å². The smallest absolute Gasteiger partial charge is 0.231 e. The van der Waals surface area contributed by atoms with Crippen LogP contribution in [-0.4, -0.2) is 22.2 Å². The zero-order valence-corrected chi connectivity index (χ0v) is 14.4.